The lowest BCUT2D eigenvalue weighted by Crippen LogP contribution is -2.48. The fourth-order valence-electron chi connectivity index (χ4n) is 3.64. The molecule has 31 heavy (non-hydrogen) atoms. The number of hydrogen-bond donors (Lipinski definition) is 1. The van der Waals surface area contributed by atoms with E-state index < -0.39 is 6.10 Å². The molecule has 3 aromatic rings. The topological polar surface area (TPSA) is 84.1 Å². The molecule has 1 N–H and O–H groups in total. The van der Waals surface area contributed by atoms with Crippen LogP contribution in [0.5, 0.6) is 11.5 Å². The van der Waals surface area contributed by atoms with Crippen LogP contribution in [-0.2, 0) is 6.54 Å². The molecule has 1 unspecified atom stereocenters. The molecule has 0 spiro atoms. The number of aliphatic hydroxyl groups is 1. The van der Waals surface area contributed by atoms with Gasteiger partial charge >= 0.3 is 0 Å². The lowest BCUT2D eigenvalue weighted by atomic mass is 10.2. The minimum atomic E-state index is -0.522. The number of aromatic nitrogens is 2. The predicted molar refractivity (Wildman–Crippen MR) is 116 cm³/mol. The maximum absolute atomic E-state index is 10.3. The average Bonchev–Trinajstić information content (AvgIpc) is 3.28. The maximum Gasteiger partial charge on any atom is 0.241 e. The standard InChI is InChI=1S/C23H28N4O4/c1-29-21-10-6-5-9-20(21)23-24-22(31-25-23)16-27-13-11-26(12-14-27)15-18(28)17-30-19-7-3-2-4-8-19/h2-10,18,28H,11-17H2,1H3. The van der Waals surface area contributed by atoms with Crippen LogP contribution in [0.1, 0.15) is 5.89 Å². The summed E-state index contributed by atoms with van der Waals surface area (Å²) in [5, 5.41) is 14.4. The molecule has 0 bridgehead atoms. The average molecular weight is 425 g/mol. The first-order valence-corrected chi connectivity index (χ1v) is 10.5. The predicted octanol–water partition coefficient (Wildman–Crippen LogP) is 2.30. The molecular weight excluding hydrogens is 396 g/mol. The Kier molecular flexibility index (Phi) is 7.14. The van der Waals surface area contributed by atoms with Crippen molar-refractivity contribution in [2.24, 2.45) is 0 Å². The van der Waals surface area contributed by atoms with E-state index in [1.54, 1.807) is 7.11 Å². The Hall–Kier alpha value is -2.94. The highest BCUT2D eigenvalue weighted by atomic mass is 16.5. The normalized spacial score (nSPS) is 16.2. The molecule has 1 aromatic heterocycles. The Balaban J connectivity index is 1.22. The van der Waals surface area contributed by atoms with Crippen molar-refractivity contribution in [1.29, 1.82) is 0 Å². The molecule has 0 radical (unpaired) electrons. The van der Waals surface area contributed by atoms with E-state index in [-0.39, 0.29) is 6.61 Å². The van der Waals surface area contributed by atoms with Crippen molar-refractivity contribution in [3.8, 4) is 22.9 Å². The third-order valence-corrected chi connectivity index (χ3v) is 5.29. The molecule has 1 aliphatic heterocycles. The number of rotatable bonds is 9. The second-order valence-electron chi connectivity index (χ2n) is 7.57. The molecule has 0 amide bonds. The van der Waals surface area contributed by atoms with Crippen LogP contribution in [0.3, 0.4) is 0 Å². The molecule has 8 nitrogen and oxygen atoms in total. The van der Waals surface area contributed by atoms with Gasteiger partial charge in [0.1, 0.15) is 24.2 Å². The first kappa shape index (κ1) is 21.3. The van der Waals surface area contributed by atoms with Crippen molar-refractivity contribution in [3.63, 3.8) is 0 Å². The third kappa shape index (κ3) is 5.81. The minimum absolute atomic E-state index is 0.290. The summed E-state index contributed by atoms with van der Waals surface area (Å²) in [6.07, 6.45) is -0.522. The summed E-state index contributed by atoms with van der Waals surface area (Å²) in [6.45, 7) is 4.98. The molecule has 2 aromatic carbocycles. The van der Waals surface area contributed by atoms with Gasteiger partial charge in [-0.05, 0) is 24.3 Å². The van der Waals surface area contributed by atoms with Gasteiger partial charge in [0.2, 0.25) is 11.7 Å². The van der Waals surface area contributed by atoms with Crippen LogP contribution in [-0.4, -0.2) is 77.6 Å². The van der Waals surface area contributed by atoms with Gasteiger partial charge in [0, 0.05) is 32.7 Å². The molecule has 0 saturated carbocycles. The fourth-order valence-corrected chi connectivity index (χ4v) is 3.64. The number of nitrogens with zero attached hydrogens (tertiary/aromatic N) is 4. The van der Waals surface area contributed by atoms with Crippen LogP contribution in [0.2, 0.25) is 0 Å². The van der Waals surface area contributed by atoms with Gasteiger partial charge in [-0.25, -0.2) is 0 Å². The van der Waals surface area contributed by atoms with Crippen molar-refractivity contribution in [2.75, 3.05) is 46.4 Å². The van der Waals surface area contributed by atoms with Gasteiger partial charge in [0.15, 0.2) is 0 Å². The van der Waals surface area contributed by atoms with Gasteiger partial charge in [-0.3, -0.25) is 9.80 Å². The highest BCUT2D eigenvalue weighted by Gasteiger charge is 2.22. The summed E-state index contributed by atoms with van der Waals surface area (Å²) in [7, 11) is 1.63. The minimum Gasteiger partial charge on any atom is -0.496 e. The monoisotopic (exact) mass is 424 g/mol. The molecule has 1 fully saturated rings. The van der Waals surface area contributed by atoms with Crippen molar-refractivity contribution in [2.45, 2.75) is 12.6 Å². The van der Waals surface area contributed by atoms with Crippen LogP contribution in [0, 0.1) is 0 Å². The van der Waals surface area contributed by atoms with E-state index in [0.717, 1.165) is 43.2 Å². The van der Waals surface area contributed by atoms with E-state index in [4.69, 9.17) is 14.0 Å². The summed E-state index contributed by atoms with van der Waals surface area (Å²) in [6, 6.07) is 17.2. The Labute approximate surface area is 182 Å². The van der Waals surface area contributed by atoms with Gasteiger partial charge in [0.25, 0.3) is 0 Å². The quantitative estimate of drug-likeness (QED) is 0.560. The summed E-state index contributed by atoms with van der Waals surface area (Å²) >= 11 is 0. The summed E-state index contributed by atoms with van der Waals surface area (Å²) in [4.78, 5) is 9.07. The van der Waals surface area contributed by atoms with Gasteiger partial charge < -0.3 is 19.1 Å². The Morgan fingerprint density at radius 3 is 2.48 bits per heavy atom. The molecule has 1 atom stereocenters. The second-order valence-corrected chi connectivity index (χ2v) is 7.57. The Bertz CT molecular complexity index is 942. The van der Waals surface area contributed by atoms with E-state index in [0.29, 0.717) is 24.8 Å². The molecule has 2 heterocycles. The number of aliphatic hydroxyl groups excluding tert-OH is 1. The SMILES string of the molecule is COc1ccccc1-c1noc(CN2CCN(CC(O)COc3ccccc3)CC2)n1. The zero-order chi connectivity index (χ0) is 21.5. The number of methoxy groups -OCH3 is 1. The van der Waals surface area contributed by atoms with Crippen molar-refractivity contribution in [3.05, 3.63) is 60.5 Å². The molecule has 1 aliphatic rings. The van der Waals surface area contributed by atoms with Gasteiger partial charge in [-0.2, -0.15) is 4.98 Å². The smallest absolute Gasteiger partial charge is 0.241 e. The zero-order valence-corrected chi connectivity index (χ0v) is 17.7. The molecular formula is C23H28N4O4. The van der Waals surface area contributed by atoms with E-state index in [1.165, 1.54) is 0 Å². The van der Waals surface area contributed by atoms with E-state index in [1.807, 2.05) is 54.6 Å². The first-order valence-electron chi connectivity index (χ1n) is 10.5. The molecule has 1 saturated heterocycles. The van der Waals surface area contributed by atoms with Crippen LogP contribution in [0.4, 0.5) is 0 Å². The number of β-amino-alcohol motifs (C(OH)–C–C–N with tert-alkyl or cyclic N) is 1. The van der Waals surface area contributed by atoms with E-state index in [2.05, 4.69) is 19.9 Å². The van der Waals surface area contributed by atoms with Crippen molar-refractivity contribution < 1.29 is 19.1 Å². The van der Waals surface area contributed by atoms with Crippen molar-refractivity contribution >= 4 is 0 Å². The molecule has 8 heteroatoms. The maximum atomic E-state index is 10.3. The highest BCUT2D eigenvalue weighted by Crippen LogP contribution is 2.27. The number of benzene rings is 2. The summed E-state index contributed by atoms with van der Waals surface area (Å²) in [5.74, 6) is 2.62. The number of ether oxygens (including phenoxy) is 2. The van der Waals surface area contributed by atoms with Crippen molar-refractivity contribution in [1.82, 2.24) is 19.9 Å². The number of para-hydroxylation sites is 2. The summed E-state index contributed by atoms with van der Waals surface area (Å²) < 4.78 is 16.5. The van der Waals surface area contributed by atoms with Gasteiger partial charge in [0.05, 0.1) is 19.2 Å². The third-order valence-electron chi connectivity index (χ3n) is 5.29. The van der Waals surface area contributed by atoms with E-state index >= 15 is 0 Å². The Morgan fingerprint density at radius 1 is 1.00 bits per heavy atom. The molecule has 0 aliphatic carbocycles. The first-order chi connectivity index (χ1) is 15.2. The fraction of sp³-hybridized carbons (Fsp3) is 0.391. The lowest BCUT2D eigenvalue weighted by Gasteiger charge is -2.34. The Morgan fingerprint density at radius 2 is 1.71 bits per heavy atom. The largest absolute Gasteiger partial charge is 0.496 e. The van der Waals surface area contributed by atoms with Gasteiger partial charge in [-0.1, -0.05) is 35.5 Å². The van der Waals surface area contributed by atoms with Gasteiger partial charge in [-0.15, -0.1) is 0 Å². The van der Waals surface area contributed by atoms with Crippen LogP contribution in [0.15, 0.2) is 59.1 Å². The highest BCUT2D eigenvalue weighted by molar-refractivity contribution is 5.63. The number of piperazine rings is 1. The second kappa shape index (κ2) is 10.4. The van der Waals surface area contributed by atoms with Crippen LogP contribution in [0.25, 0.3) is 11.4 Å². The lowest BCUT2D eigenvalue weighted by molar-refractivity contribution is 0.0426. The van der Waals surface area contributed by atoms with Crippen LogP contribution >= 0.6 is 0 Å². The number of hydrogen-bond acceptors (Lipinski definition) is 8. The molecule has 4 rings (SSSR count). The zero-order valence-electron chi connectivity index (χ0n) is 17.7. The summed E-state index contributed by atoms with van der Waals surface area (Å²) in [5.41, 5.74) is 0.816. The molecule has 164 valence electrons. The van der Waals surface area contributed by atoms with E-state index in [9.17, 15) is 5.11 Å². The van der Waals surface area contributed by atoms with Crippen LogP contribution < -0.4 is 9.47 Å².